The molecule has 1 aromatic rings. The van der Waals surface area contributed by atoms with Crippen molar-refractivity contribution in [3.05, 3.63) is 29.8 Å². The first-order chi connectivity index (χ1) is 8.17. The van der Waals surface area contributed by atoms with Crippen LogP contribution in [0.1, 0.15) is 12.5 Å². The molecule has 0 heterocycles. The van der Waals surface area contributed by atoms with Crippen LogP contribution in [0.2, 0.25) is 0 Å². The van der Waals surface area contributed by atoms with Gasteiger partial charge in [-0.15, -0.1) is 0 Å². The zero-order chi connectivity index (χ0) is 12.7. The molecule has 0 fully saturated rings. The number of hydrogen-bond donors (Lipinski definition) is 1. The van der Waals surface area contributed by atoms with Crippen molar-refractivity contribution in [2.24, 2.45) is 0 Å². The van der Waals surface area contributed by atoms with Gasteiger partial charge in [0.15, 0.2) is 11.5 Å². The van der Waals surface area contributed by atoms with Crippen molar-refractivity contribution < 1.29 is 17.9 Å². The minimum Gasteiger partial charge on any atom is -0.493 e. The first-order valence-electron chi connectivity index (χ1n) is 5.26. The van der Waals surface area contributed by atoms with Crippen molar-refractivity contribution in [2.45, 2.75) is 6.92 Å². The minimum atomic E-state index is -2.36. The monoisotopic (exact) mass is 256 g/mol. The lowest BCUT2D eigenvalue weighted by molar-refractivity contribution is 0.311. The van der Waals surface area contributed by atoms with E-state index in [9.17, 15) is 8.42 Å². The molecule has 0 saturated heterocycles. The van der Waals surface area contributed by atoms with Gasteiger partial charge in [-0.3, -0.25) is 0 Å². The van der Waals surface area contributed by atoms with Gasteiger partial charge in [0, 0.05) is 0 Å². The zero-order valence-electron chi connectivity index (χ0n) is 9.88. The largest absolute Gasteiger partial charge is 0.493 e. The molecule has 1 rings (SSSR count). The van der Waals surface area contributed by atoms with Gasteiger partial charge in [0.25, 0.3) is 0 Å². The normalized spacial score (nSPS) is 11.0. The van der Waals surface area contributed by atoms with Gasteiger partial charge >= 0.3 is 0 Å². The SMILES string of the molecule is CCOc1cc(C=CC[SH](=O)=O)ccc1OC. The summed E-state index contributed by atoms with van der Waals surface area (Å²) in [6.45, 7) is 2.44. The average molecular weight is 256 g/mol. The summed E-state index contributed by atoms with van der Waals surface area (Å²) in [6, 6.07) is 5.45. The van der Waals surface area contributed by atoms with E-state index >= 15 is 0 Å². The molecule has 1 aromatic carbocycles. The van der Waals surface area contributed by atoms with E-state index in [4.69, 9.17) is 9.47 Å². The number of ether oxygens (including phenoxy) is 2. The molecule has 0 aliphatic rings. The summed E-state index contributed by atoms with van der Waals surface area (Å²) in [5, 5.41) is 0. The Morgan fingerprint density at radius 2 is 2.06 bits per heavy atom. The molecule has 0 saturated carbocycles. The molecule has 0 amide bonds. The van der Waals surface area contributed by atoms with Gasteiger partial charge in [0.2, 0.25) is 0 Å². The van der Waals surface area contributed by atoms with Crippen LogP contribution in [0.4, 0.5) is 0 Å². The molecule has 0 spiro atoms. The number of hydrogen-bond acceptors (Lipinski definition) is 4. The first-order valence-corrected chi connectivity index (χ1v) is 6.62. The molecular weight excluding hydrogens is 240 g/mol. The van der Waals surface area contributed by atoms with E-state index in [-0.39, 0.29) is 5.75 Å². The Bertz CT molecular complexity index is 456. The summed E-state index contributed by atoms with van der Waals surface area (Å²) < 4.78 is 31.4. The minimum absolute atomic E-state index is 0.0470. The Kier molecular flexibility index (Phi) is 5.56. The lowest BCUT2D eigenvalue weighted by atomic mass is 10.2. The van der Waals surface area contributed by atoms with E-state index in [0.29, 0.717) is 18.1 Å². The molecule has 0 N–H and O–H groups in total. The smallest absolute Gasteiger partial charge is 0.161 e. The molecule has 17 heavy (non-hydrogen) atoms. The molecule has 0 unspecified atom stereocenters. The van der Waals surface area contributed by atoms with Crippen molar-refractivity contribution in [3.63, 3.8) is 0 Å². The Labute approximate surface area is 103 Å². The highest BCUT2D eigenvalue weighted by Crippen LogP contribution is 2.28. The summed E-state index contributed by atoms with van der Waals surface area (Å²) in [4.78, 5) is 0. The molecule has 5 heteroatoms. The fraction of sp³-hybridized carbons (Fsp3) is 0.333. The zero-order valence-corrected chi connectivity index (χ0v) is 10.8. The first kappa shape index (κ1) is 13.6. The van der Waals surface area contributed by atoms with E-state index < -0.39 is 10.7 Å². The van der Waals surface area contributed by atoms with Gasteiger partial charge < -0.3 is 9.47 Å². The van der Waals surface area contributed by atoms with E-state index in [2.05, 4.69) is 0 Å². The Hall–Kier alpha value is -1.49. The van der Waals surface area contributed by atoms with Gasteiger partial charge in [0.05, 0.1) is 19.5 Å². The highest BCUT2D eigenvalue weighted by molar-refractivity contribution is 7.72. The van der Waals surface area contributed by atoms with Crippen LogP contribution in [0.5, 0.6) is 11.5 Å². The van der Waals surface area contributed by atoms with Crippen molar-refractivity contribution >= 4 is 16.8 Å². The van der Waals surface area contributed by atoms with Crippen molar-refractivity contribution in [1.82, 2.24) is 0 Å². The van der Waals surface area contributed by atoms with Crippen LogP contribution in [0.15, 0.2) is 24.3 Å². The highest BCUT2D eigenvalue weighted by Gasteiger charge is 2.03. The summed E-state index contributed by atoms with van der Waals surface area (Å²) >= 11 is 0. The number of rotatable bonds is 6. The maximum atomic E-state index is 10.4. The molecule has 0 bridgehead atoms. The standard InChI is InChI=1S/C12H16O4S/c1-3-16-12-9-10(5-4-8-17(13)14)6-7-11(12)15-2/h4-7,9,17H,3,8H2,1-2H3. The molecular formula is C12H16O4S. The van der Waals surface area contributed by atoms with Crippen LogP contribution in [0.25, 0.3) is 6.08 Å². The number of thiol groups is 1. The van der Waals surface area contributed by atoms with Crippen LogP contribution in [0, 0.1) is 0 Å². The van der Waals surface area contributed by atoms with Crippen molar-refractivity contribution in [3.8, 4) is 11.5 Å². The second-order valence-electron chi connectivity index (χ2n) is 3.26. The third-order valence-electron chi connectivity index (χ3n) is 2.05. The topological polar surface area (TPSA) is 52.6 Å². The van der Waals surface area contributed by atoms with Gasteiger partial charge in [-0.25, -0.2) is 8.42 Å². The van der Waals surface area contributed by atoms with Crippen molar-refractivity contribution in [2.75, 3.05) is 19.5 Å². The van der Waals surface area contributed by atoms with E-state index in [1.54, 1.807) is 25.3 Å². The van der Waals surface area contributed by atoms with Crippen molar-refractivity contribution in [1.29, 1.82) is 0 Å². The second-order valence-corrected chi connectivity index (χ2v) is 4.29. The van der Waals surface area contributed by atoms with Crippen LogP contribution in [-0.4, -0.2) is 27.9 Å². The van der Waals surface area contributed by atoms with E-state index in [1.165, 1.54) is 0 Å². The van der Waals surface area contributed by atoms with Crippen LogP contribution in [-0.2, 0) is 10.7 Å². The molecule has 0 atom stereocenters. The molecule has 94 valence electrons. The predicted molar refractivity (Wildman–Crippen MR) is 68.4 cm³/mol. The quantitative estimate of drug-likeness (QED) is 0.787. The molecule has 0 aliphatic carbocycles. The summed E-state index contributed by atoms with van der Waals surface area (Å²) in [5.41, 5.74) is 0.881. The molecule has 0 aromatic heterocycles. The van der Waals surface area contributed by atoms with Gasteiger partial charge in [0.1, 0.15) is 10.7 Å². The summed E-state index contributed by atoms with van der Waals surface area (Å²) in [5.74, 6) is 1.37. The van der Waals surface area contributed by atoms with E-state index in [1.807, 2.05) is 19.1 Å². The van der Waals surface area contributed by atoms with Crippen LogP contribution in [0.3, 0.4) is 0 Å². The number of methoxy groups -OCH3 is 1. The Morgan fingerprint density at radius 1 is 1.29 bits per heavy atom. The molecule has 0 radical (unpaired) electrons. The van der Waals surface area contributed by atoms with Gasteiger partial charge in [-0.05, 0) is 24.6 Å². The highest BCUT2D eigenvalue weighted by atomic mass is 32.2. The van der Waals surface area contributed by atoms with Gasteiger partial charge in [-0.1, -0.05) is 18.2 Å². The molecule has 0 aliphatic heterocycles. The van der Waals surface area contributed by atoms with Crippen LogP contribution >= 0.6 is 0 Å². The third-order valence-corrected chi connectivity index (χ3v) is 2.56. The fourth-order valence-electron chi connectivity index (χ4n) is 1.34. The lowest BCUT2D eigenvalue weighted by Gasteiger charge is -2.09. The molecule has 4 nitrogen and oxygen atoms in total. The second kappa shape index (κ2) is 6.96. The van der Waals surface area contributed by atoms with Gasteiger partial charge in [-0.2, -0.15) is 0 Å². The maximum absolute atomic E-state index is 10.4. The Morgan fingerprint density at radius 3 is 2.65 bits per heavy atom. The van der Waals surface area contributed by atoms with E-state index in [0.717, 1.165) is 5.56 Å². The maximum Gasteiger partial charge on any atom is 0.161 e. The summed E-state index contributed by atoms with van der Waals surface area (Å²) in [7, 11) is -0.784. The summed E-state index contributed by atoms with van der Waals surface area (Å²) in [6.07, 6.45) is 3.34. The fourth-order valence-corrected chi connectivity index (χ4v) is 1.62. The van der Waals surface area contributed by atoms with Crippen LogP contribution < -0.4 is 9.47 Å². The average Bonchev–Trinajstić information content (AvgIpc) is 2.29. The Balaban J connectivity index is 2.87. The predicted octanol–water partition coefficient (Wildman–Crippen LogP) is 1.72. The number of benzene rings is 1. The lowest BCUT2D eigenvalue weighted by Crippen LogP contribution is -1.95. The third kappa shape index (κ3) is 4.48.